The summed E-state index contributed by atoms with van der Waals surface area (Å²) in [6.07, 6.45) is 0.462. The van der Waals surface area contributed by atoms with Crippen LogP contribution in [0.2, 0.25) is 5.02 Å². The van der Waals surface area contributed by atoms with Crippen molar-refractivity contribution >= 4 is 17.3 Å². The first-order chi connectivity index (χ1) is 8.60. The summed E-state index contributed by atoms with van der Waals surface area (Å²) < 4.78 is 0. The van der Waals surface area contributed by atoms with Gasteiger partial charge >= 0.3 is 0 Å². The van der Waals surface area contributed by atoms with Crippen LogP contribution in [0, 0.1) is 17.2 Å². The van der Waals surface area contributed by atoms with E-state index in [-0.39, 0.29) is 6.61 Å². The predicted octanol–water partition coefficient (Wildman–Crippen LogP) is 3.21. The summed E-state index contributed by atoms with van der Waals surface area (Å²) in [7, 11) is 0. The third-order valence-electron chi connectivity index (χ3n) is 2.67. The molecule has 4 heteroatoms. The van der Waals surface area contributed by atoms with Gasteiger partial charge in [0.25, 0.3) is 0 Å². The van der Waals surface area contributed by atoms with Gasteiger partial charge in [-0.15, -0.1) is 0 Å². The summed E-state index contributed by atoms with van der Waals surface area (Å²) in [5.41, 5.74) is 1.66. The molecule has 0 aliphatic carbocycles. The van der Waals surface area contributed by atoms with E-state index in [1.54, 1.807) is 6.07 Å². The second-order valence-corrected chi connectivity index (χ2v) is 5.05. The lowest BCUT2D eigenvalue weighted by molar-refractivity contribution is 0.282. The number of anilines is 1. The summed E-state index contributed by atoms with van der Waals surface area (Å²) >= 11 is 6.09. The molecule has 0 aliphatic heterocycles. The number of aliphatic hydroxyl groups excluding tert-OH is 1. The molecule has 0 aliphatic rings. The zero-order valence-corrected chi connectivity index (χ0v) is 11.6. The molecule has 3 nitrogen and oxygen atoms in total. The minimum atomic E-state index is -0.0871. The Kier molecular flexibility index (Phi) is 5.97. The first-order valence-corrected chi connectivity index (χ1v) is 6.48. The normalized spacial score (nSPS) is 10.4. The van der Waals surface area contributed by atoms with Gasteiger partial charge in [-0.25, -0.2) is 0 Å². The van der Waals surface area contributed by atoms with Crippen molar-refractivity contribution in [3.05, 3.63) is 28.8 Å². The third kappa shape index (κ3) is 3.90. The number of nitrogens with zero attached hydrogens (tertiary/aromatic N) is 2. The Morgan fingerprint density at radius 2 is 2.17 bits per heavy atom. The van der Waals surface area contributed by atoms with Crippen LogP contribution in [-0.4, -0.2) is 18.2 Å². The Hall–Kier alpha value is -1.24. The number of aliphatic hydroxyl groups is 1. The van der Waals surface area contributed by atoms with Gasteiger partial charge in [-0.1, -0.05) is 31.5 Å². The van der Waals surface area contributed by atoms with Crippen LogP contribution in [0.5, 0.6) is 0 Å². The lowest BCUT2D eigenvalue weighted by Crippen LogP contribution is -2.29. The molecule has 1 aromatic carbocycles. The second-order valence-electron chi connectivity index (χ2n) is 4.64. The standard InChI is InChI=1S/C14H19ClN2O/c1-11(2)9-17(8-4-7-16)14-6-3-5-13(15)12(14)10-18/h3,5-6,11,18H,4,8-10H2,1-2H3. The van der Waals surface area contributed by atoms with Gasteiger partial charge in [0.1, 0.15) is 0 Å². The van der Waals surface area contributed by atoms with E-state index in [4.69, 9.17) is 16.9 Å². The number of hydrogen-bond donors (Lipinski definition) is 1. The largest absolute Gasteiger partial charge is 0.392 e. The van der Waals surface area contributed by atoms with E-state index < -0.39 is 0 Å². The number of benzene rings is 1. The summed E-state index contributed by atoms with van der Waals surface area (Å²) in [6, 6.07) is 7.74. The van der Waals surface area contributed by atoms with Crippen molar-refractivity contribution in [1.82, 2.24) is 0 Å². The number of rotatable bonds is 6. The molecule has 98 valence electrons. The highest BCUT2D eigenvalue weighted by Gasteiger charge is 2.14. The highest BCUT2D eigenvalue weighted by molar-refractivity contribution is 6.31. The van der Waals surface area contributed by atoms with Gasteiger partial charge in [0.05, 0.1) is 19.1 Å². The van der Waals surface area contributed by atoms with Gasteiger partial charge in [0.2, 0.25) is 0 Å². The molecule has 0 heterocycles. The van der Waals surface area contributed by atoms with Gasteiger partial charge in [0, 0.05) is 29.4 Å². The maximum absolute atomic E-state index is 9.43. The fourth-order valence-corrected chi connectivity index (χ4v) is 2.17. The maximum atomic E-state index is 9.43. The predicted molar refractivity (Wildman–Crippen MR) is 74.7 cm³/mol. The van der Waals surface area contributed by atoms with Gasteiger partial charge in [-0.05, 0) is 18.1 Å². The molecule has 1 N–H and O–H groups in total. The van der Waals surface area contributed by atoms with Crippen LogP contribution in [0.15, 0.2) is 18.2 Å². The SMILES string of the molecule is CC(C)CN(CCC#N)c1cccc(Cl)c1CO. The molecule has 0 amide bonds. The molecule has 1 aromatic rings. The summed E-state index contributed by atoms with van der Waals surface area (Å²) in [6.45, 7) is 5.66. The van der Waals surface area contributed by atoms with Crippen LogP contribution in [0.4, 0.5) is 5.69 Å². The van der Waals surface area contributed by atoms with E-state index in [0.29, 0.717) is 23.9 Å². The molecule has 1 rings (SSSR count). The van der Waals surface area contributed by atoms with E-state index in [1.807, 2.05) is 12.1 Å². The molecule has 0 aromatic heterocycles. The monoisotopic (exact) mass is 266 g/mol. The van der Waals surface area contributed by atoms with Crippen LogP contribution >= 0.6 is 11.6 Å². The van der Waals surface area contributed by atoms with Crippen LogP contribution in [0.1, 0.15) is 25.8 Å². The Labute approximate surface area is 114 Å². The highest BCUT2D eigenvalue weighted by Crippen LogP contribution is 2.28. The fraction of sp³-hybridized carbons (Fsp3) is 0.500. The van der Waals surface area contributed by atoms with Crippen LogP contribution in [0.25, 0.3) is 0 Å². The molecule has 0 fully saturated rings. The van der Waals surface area contributed by atoms with E-state index in [2.05, 4.69) is 24.8 Å². The van der Waals surface area contributed by atoms with E-state index in [0.717, 1.165) is 17.8 Å². The Morgan fingerprint density at radius 1 is 1.44 bits per heavy atom. The first-order valence-electron chi connectivity index (χ1n) is 6.10. The molecule has 18 heavy (non-hydrogen) atoms. The zero-order valence-electron chi connectivity index (χ0n) is 10.9. The Balaban J connectivity index is 3.04. The summed E-state index contributed by atoms with van der Waals surface area (Å²) in [5, 5.41) is 18.7. The molecule has 0 saturated heterocycles. The van der Waals surface area contributed by atoms with Gasteiger partial charge in [0.15, 0.2) is 0 Å². The zero-order chi connectivity index (χ0) is 13.5. The lowest BCUT2D eigenvalue weighted by Gasteiger charge is -2.28. The van der Waals surface area contributed by atoms with Crippen molar-refractivity contribution in [2.24, 2.45) is 5.92 Å². The molecule has 0 spiro atoms. The van der Waals surface area contributed by atoms with Crippen LogP contribution < -0.4 is 4.90 Å². The van der Waals surface area contributed by atoms with Gasteiger partial charge in [-0.2, -0.15) is 5.26 Å². The quantitative estimate of drug-likeness (QED) is 0.860. The molecular weight excluding hydrogens is 248 g/mol. The number of nitriles is 1. The maximum Gasteiger partial charge on any atom is 0.0716 e. The molecule has 0 atom stereocenters. The molecule has 0 unspecified atom stereocenters. The van der Waals surface area contributed by atoms with Crippen molar-refractivity contribution in [3.63, 3.8) is 0 Å². The fourth-order valence-electron chi connectivity index (χ4n) is 1.94. The van der Waals surface area contributed by atoms with Crippen molar-refractivity contribution in [2.75, 3.05) is 18.0 Å². The highest BCUT2D eigenvalue weighted by atomic mass is 35.5. The van der Waals surface area contributed by atoms with Gasteiger partial charge < -0.3 is 10.0 Å². The minimum absolute atomic E-state index is 0.0871. The smallest absolute Gasteiger partial charge is 0.0716 e. The number of halogens is 1. The second kappa shape index (κ2) is 7.25. The first kappa shape index (κ1) is 14.8. The average Bonchev–Trinajstić information content (AvgIpc) is 2.33. The van der Waals surface area contributed by atoms with E-state index >= 15 is 0 Å². The molecule has 0 radical (unpaired) electrons. The van der Waals surface area contributed by atoms with Crippen molar-refractivity contribution < 1.29 is 5.11 Å². The average molecular weight is 267 g/mol. The molecular formula is C14H19ClN2O. The van der Waals surface area contributed by atoms with Crippen molar-refractivity contribution in [3.8, 4) is 6.07 Å². The Morgan fingerprint density at radius 3 is 2.72 bits per heavy atom. The van der Waals surface area contributed by atoms with E-state index in [9.17, 15) is 5.11 Å². The topological polar surface area (TPSA) is 47.3 Å². The lowest BCUT2D eigenvalue weighted by atomic mass is 10.1. The van der Waals surface area contributed by atoms with Crippen molar-refractivity contribution in [2.45, 2.75) is 26.9 Å². The van der Waals surface area contributed by atoms with Crippen LogP contribution in [0.3, 0.4) is 0 Å². The van der Waals surface area contributed by atoms with E-state index in [1.165, 1.54) is 0 Å². The number of hydrogen-bond acceptors (Lipinski definition) is 3. The van der Waals surface area contributed by atoms with Crippen LogP contribution in [-0.2, 0) is 6.61 Å². The van der Waals surface area contributed by atoms with Gasteiger partial charge in [-0.3, -0.25) is 0 Å². The minimum Gasteiger partial charge on any atom is -0.392 e. The molecule has 0 saturated carbocycles. The van der Waals surface area contributed by atoms with Crippen molar-refractivity contribution in [1.29, 1.82) is 5.26 Å². The Bertz CT molecular complexity index is 426. The summed E-state index contributed by atoms with van der Waals surface area (Å²) in [4.78, 5) is 2.12. The molecule has 0 bridgehead atoms. The third-order valence-corrected chi connectivity index (χ3v) is 3.03. The summed E-state index contributed by atoms with van der Waals surface area (Å²) in [5.74, 6) is 0.481.